The summed E-state index contributed by atoms with van der Waals surface area (Å²) in [5.41, 5.74) is -0.238. The Bertz CT molecular complexity index is 642. The van der Waals surface area contributed by atoms with Gasteiger partial charge in [0.05, 0.1) is 11.6 Å². The van der Waals surface area contributed by atoms with Gasteiger partial charge in [0.15, 0.2) is 5.17 Å². The van der Waals surface area contributed by atoms with Crippen LogP contribution in [0.1, 0.15) is 44.9 Å². The number of carbonyl (C=O) groups is 1. The molecular weight excluding hydrogens is 325 g/mol. The smallest absolute Gasteiger partial charge is 0.304 e. The maximum Gasteiger partial charge on any atom is 0.416 e. The van der Waals surface area contributed by atoms with Crippen LogP contribution in [0.5, 0.6) is 0 Å². The van der Waals surface area contributed by atoms with E-state index in [2.05, 4.69) is 10.3 Å². The van der Waals surface area contributed by atoms with Crippen LogP contribution in [-0.2, 0) is 11.0 Å². The van der Waals surface area contributed by atoms with Crippen molar-refractivity contribution in [1.29, 1.82) is 0 Å². The van der Waals surface area contributed by atoms with Crippen molar-refractivity contribution in [2.45, 2.75) is 44.7 Å². The maximum absolute atomic E-state index is 12.8. The molecule has 3 nitrogen and oxygen atoms in total. The second-order valence-electron chi connectivity index (χ2n) is 6.05. The van der Waals surface area contributed by atoms with Gasteiger partial charge in [0.1, 0.15) is 4.75 Å². The summed E-state index contributed by atoms with van der Waals surface area (Å²) in [6.07, 6.45) is -4.38. The summed E-state index contributed by atoms with van der Waals surface area (Å²) in [4.78, 5) is 16.5. The number of carbonyl (C=O) groups excluding carboxylic acids is 1. The van der Waals surface area contributed by atoms with Crippen molar-refractivity contribution in [1.82, 2.24) is 5.32 Å². The van der Waals surface area contributed by atoms with E-state index in [1.165, 1.54) is 17.8 Å². The molecule has 0 radical (unpaired) electrons. The number of nitrogens with one attached hydrogen (secondary N) is 1. The first-order valence-electron chi connectivity index (χ1n) is 7.29. The van der Waals surface area contributed by atoms with Gasteiger partial charge in [-0.3, -0.25) is 9.79 Å². The molecule has 0 bridgehead atoms. The van der Waals surface area contributed by atoms with Gasteiger partial charge in [-0.15, -0.1) is 0 Å². The Morgan fingerprint density at radius 2 is 1.91 bits per heavy atom. The predicted octanol–water partition coefficient (Wildman–Crippen LogP) is 4.40. The van der Waals surface area contributed by atoms with E-state index in [-0.39, 0.29) is 11.8 Å². The van der Waals surface area contributed by atoms with Crippen LogP contribution in [0.15, 0.2) is 29.3 Å². The first kappa shape index (κ1) is 17.8. The van der Waals surface area contributed by atoms with Gasteiger partial charge in [0.25, 0.3) is 0 Å². The van der Waals surface area contributed by atoms with E-state index in [0.717, 1.165) is 12.1 Å². The molecule has 0 aromatic heterocycles. The van der Waals surface area contributed by atoms with E-state index in [9.17, 15) is 18.0 Å². The average molecular weight is 344 g/mol. The van der Waals surface area contributed by atoms with Crippen LogP contribution in [0, 0.1) is 5.92 Å². The van der Waals surface area contributed by atoms with Gasteiger partial charge in [0, 0.05) is 0 Å². The van der Waals surface area contributed by atoms with Crippen molar-refractivity contribution in [3.63, 3.8) is 0 Å². The molecule has 7 heteroatoms. The summed E-state index contributed by atoms with van der Waals surface area (Å²) in [5.74, 6) is -0.00319. The third-order valence-electron chi connectivity index (χ3n) is 4.09. The highest BCUT2D eigenvalue weighted by Crippen LogP contribution is 2.39. The van der Waals surface area contributed by atoms with Crippen LogP contribution >= 0.6 is 11.8 Å². The molecule has 1 aliphatic rings. The van der Waals surface area contributed by atoms with E-state index >= 15 is 0 Å². The zero-order chi connectivity index (χ0) is 17.4. The number of thioether (sulfide) groups is 1. The standard InChI is InChI=1S/C16H19F3N2OS/c1-9(2)15(4)13(22)21-14(23-15)20-10(3)11-6-5-7-12(8-11)16(17,18)19/h5-10H,1-4H3,(H,20,21,22)/t10-,15-/m0/s1. The number of aliphatic imine (C=N–C) groups is 1. The number of amides is 1. The number of hydrogen-bond donors (Lipinski definition) is 1. The summed E-state index contributed by atoms with van der Waals surface area (Å²) in [5, 5.41) is 3.18. The van der Waals surface area contributed by atoms with Crippen molar-refractivity contribution in [3.05, 3.63) is 35.4 Å². The van der Waals surface area contributed by atoms with Crippen molar-refractivity contribution < 1.29 is 18.0 Å². The van der Waals surface area contributed by atoms with Crippen LogP contribution in [0.2, 0.25) is 0 Å². The fourth-order valence-electron chi connectivity index (χ4n) is 2.16. The number of halogens is 3. The first-order chi connectivity index (χ1) is 10.5. The lowest BCUT2D eigenvalue weighted by Gasteiger charge is -2.22. The van der Waals surface area contributed by atoms with Gasteiger partial charge < -0.3 is 5.32 Å². The molecule has 1 aromatic rings. The Labute approximate surface area is 137 Å². The minimum absolute atomic E-state index is 0.115. The van der Waals surface area contributed by atoms with E-state index < -0.39 is 22.5 Å². The molecular formula is C16H19F3N2OS. The van der Waals surface area contributed by atoms with Crippen LogP contribution in [0.3, 0.4) is 0 Å². The molecule has 2 rings (SSSR count). The van der Waals surface area contributed by atoms with Crippen LogP contribution in [0.25, 0.3) is 0 Å². The number of rotatable bonds is 3. The van der Waals surface area contributed by atoms with Crippen molar-refractivity contribution in [2.75, 3.05) is 0 Å². The fourth-order valence-corrected chi connectivity index (χ4v) is 3.29. The van der Waals surface area contributed by atoms with Crippen molar-refractivity contribution in [2.24, 2.45) is 10.9 Å². The molecule has 0 spiro atoms. The van der Waals surface area contributed by atoms with Crippen LogP contribution in [0.4, 0.5) is 13.2 Å². The number of nitrogens with zero attached hydrogens (tertiary/aromatic N) is 1. The molecule has 1 N–H and O–H groups in total. The Morgan fingerprint density at radius 1 is 1.26 bits per heavy atom. The van der Waals surface area contributed by atoms with E-state index in [0.29, 0.717) is 10.7 Å². The lowest BCUT2D eigenvalue weighted by Crippen LogP contribution is -2.38. The van der Waals surface area contributed by atoms with Crippen molar-refractivity contribution in [3.8, 4) is 0 Å². The number of alkyl halides is 3. The highest BCUT2D eigenvalue weighted by Gasteiger charge is 2.45. The van der Waals surface area contributed by atoms with Crippen LogP contribution < -0.4 is 5.32 Å². The van der Waals surface area contributed by atoms with Crippen molar-refractivity contribution >= 4 is 22.8 Å². The van der Waals surface area contributed by atoms with Gasteiger partial charge in [-0.05, 0) is 37.5 Å². The second-order valence-corrected chi connectivity index (χ2v) is 7.49. The number of benzene rings is 1. The van der Waals surface area contributed by atoms with E-state index in [4.69, 9.17) is 0 Å². The highest BCUT2D eigenvalue weighted by atomic mass is 32.2. The average Bonchev–Trinajstić information content (AvgIpc) is 2.74. The summed E-state index contributed by atoms with van der Waals surface area (Å²) >= 11 is 1.33. The largest absolute Gasteiger partial charge is 0.416 e. The highest BCUT2D eigenvalue weighted by molar-refractivity contribution is 8.16. The normalized spacial score (nSPS) is 25.0. The molecule has 2 atom stereocenters. The topological polar surface area (TPSA) is 41.5 Å². The minimum Gasteiger partial charge on any atom is -0.304 e. The van der Waals surface area contributed by atoms with Gasteiger partial charge in [-0.2, -0.15) is 13.2 Å². The molecule has 1 saturated heterocycles. The van der Waals surface area contributed by atoms with Gasteiger partial charge in [-0.1, -0.05) is 37.7 Å². The molecule has 1 amide bonds. The molecule has 126 valence electrons. The quantitative estimate of drug-likeness (QED) is 0.883. The first-order valence-corrected chi connectivity index (χ1v) is 8.11. The summed E-state index contributed by atoms with van der Waals surface area (Å²) in [6, 6.07) is 4.62. The number of amidine groups is 1. The predicted molar refractivity (Wildman–Crippen MR) is 86.3 cm³/mol. The Balaban J connectivity index is 2.23. The third-order valence-corrected chi connectivity index (χ3v) is 5.57. The Kier molecular flexibility index (Phi) is 4.80. The lowest BCUT2D eigenvalue weighted by molar-refractivity contribution is -0.137. The molecule has 0 aliphatic carbocycles. The fraction of sp³-hybridized carbons (Fsp3) is 0.500. The molecule has 1 fully saturated rings. The van der Waals surface area contributed by atoms with E-state index in [1.807, 2.05) is 20.8 Å². The molecule has 1 aromatic carbocycles. The Hall–Kier alpha value is -1.50. The minimum atomic E-state index is -4.38. The van der Waals surface area contributed by atoms with Gasteiger partial charge in [-0.25, -0.2) is 0 Å². The van der Waals surface area contributed by atoms with Crippen LogP contribution in [-0.4, -0.2) is 15.8 Å². The zero-order valence-electron chi connectivity index (χ0n) is 13.4. The SMILES string of the molecule is CC(C)[C@]1(C)SC(=N[C@@H](C)c2cccc(C(F)(F)F)c2)NC1=O. The summed E-state index contributed by atoms with van der Waals surface area (Å²) in [6.45, 7) is 7.45. The number of hydrogen-bond acceptors (Lipinski definition) is 3. The molecule has 1 aliphatic heterocycles. The maximum atomic E-state index is 12.8. The molecule has 1 heterocycles. The second kappa shape index (κ2) is 6.19. The Morgan fingerprint density at radius 3 is 2.43 bits per heavy atom. The molecule has 0 unspecified atom stereocenters. The zero-order valence-corrected chi connectivity index (χ0v) is 14.2. The van der Waals surface area contributed by atoms with Gasteiger partial charge in [0.2, 0.25) is 5.91 Å². The van der Waals surface area contributed by atoms with E-state index in [1.54, 1.807) is 13.0 Å². The third kappa shape index (κ3) is 3.71. The monoisotopic (exact) mass is 344 g/mol. The molecule has 0 saturated carbocycles. The lowest BCUT2D eigenvalue weighted by atomic mass is 9.96. The van der Waals surface area contributed by atoms with Gasteiger partial charge >= 0.3 is 6.18 Å². The summed E-state index contributed by atoms with van der Waals surface area (Å²) < 4.78 is 37.7. The molecule has 23 heavy (non-hydrogen) atoms. The summed E-state index contributed by atoms with van der Waals surface area (Å²) in [7, 11) is 0.